The Hall–Kier alpha value is -2.77. The summed E-state index contributed by atoms with van der Waals surface area (Å²) >= 11 is 1.55. The van der Waals surface area contributed by atoms with Crippen molar-refractivity contribution < 1.29 is 9.84 Å². The molecule has 0 radical (unpaired) electrons. The summed E-state index contributed by atoms with van der Waals surface area (Å²) in [6, 6.07) is 15.6. The summed E-state index contributed by atoms with van der Waals surface area (Å²) in [5.41, 5.74) is 3.78. The van der Waals surface area contributed by atoms with Crippen LogP contribution >= 0.6 is 11.8 Å². The number of anilines is 1. The third kappa shape index (κ3) is 2.40. The smallest absolute Gasteiger partial charge is 0.191 e. The van der Waals surface area contributed by atoms with Crippen LogP contribution in [0, 0.1) is 0 Å². The molecule has 0 aliphatic carbocycles. The molecule has 2 N–H and O–H groups in total. The molecule has 0 fully saturated rings. The van der Waals surface area contributed by atoms with Gasteiger partial charge < -0.3 is 15.2 Å². The predicted molar refractivity (Wildman–Crippen MR) is 101 cm³/mol. The van der Waals surface area contributed by atoms with E-state index < -0.39 is 6.23 Å². The molecule has 0 saturated carbocycles. The molecule has 2 aliphatic heterocycles. The third-order valence-electron chi connectivity index (χ3n) is 4.56. The quantitative estimate of drug-likeness (QED) is 0.726. The number of aromatic nitrogens is 3. The van der Waals surface area contributed by atoms with Gasteiger partial charge in [0.05, 0.1) is 7.11 Å². The topological polar surface area (TPSA) is 72.2 Å². The minimum Gasteiger partial charge on any atom is -0.497 e. The zero-order valence-corrected chi connectivity index (χ0v) is 14.8. The van der Waals surface area contributed by atoms with Crippen LogP contribution in [0.3, 0.4) is 0 Å². The van der Waals surface area contributed by atoms with Gasteiger partial charge in [-0.3, -0.25) is 0 Å². The van der Waals surface area contributed by atoms with Gasteiger partial charge in [0.2, 0.25) is 0 Å². The molecule has 0 saturated heterocycles. The summed E-state index contributed by atoms with van der Waals surface area (Å²) in [5.74, 6) is 1.40. The van der Waals surface area contributed by atoms with Gasteiger partial charge in [-0.2, -0.15) is 0 Å². The second-order valence-corrected chi connectivity index (χ2v) is 7.21. The monoisotopic (exact) mass is 364 g/mol. The van der Waals surface area contributed by atoms with Crippen LogP contribution in [0.2, 0.25) is 0 Å². The first kappa shape index (κ1) is 15.5. The van der Waals surface area contributed by atoms with Gasteiger partial charge in [-0.15, -0.1) is 5.10 Å². The fourth-order valence-corrected chi connectivity index (χ4v) is 4.32. The number of benzene rings is 2. The maximum absolute atomic E-state index is 10.9. The van der Waals surface area contributed by atoms with E-state index >= 15 is 0 Å². The van der Waals surface area contributed by atoms with Crippen LogP contribution in [0.1, 0.15) is 11.8 Å². The normalized spacial score (nSPS) is 20.3. The van der Waals surface area contributed by atoms with Gasteiger partial charge in [-0.1, -0.05) is 42.1 Å². The number of nitrogens with one attached hydrogen (secondary N) is 1. The zero-order chi connectivity index (χ0) is 17.7. The molecular weight excluding hydrogens is 348 g/mol. The molecule has 0 bridgehead atoms. The number of nitrogens with zero attached hydrogens (tertiary/aromatic N) is 3. The second-order valence-electron chi connectivity index (χ2n) is 6.14. The minimum absolute atomic E-state index is 0.0776. The van der Waals surface area contributed by atoms with Crippen molar-refractivity contribution in [1.82, 2.24) is 14.8 Å². The average Bonchev–Trinajstić information content (AvgIpc) is 3.11. The Morgan fingerprint density at radius 3 is 2.85 bits per heavy atom. The Bertz CT molecular complexity index is 1020. The van der Waals surface area contributed by atoms with Gasteiger partial charge in [0.1, 0.15) is 11.1 Å². The lowest BCUT2D eigenvalue weighted by Gasteiger charge is -2.33. The third-order valence-corrected chi connectivity index (χ3v) is 5.67. The summed E-state index contributed by atoms with van der Waals surface area (Å²) in [5, 5.41) is 19.5. The lowest BCUT2D eigenvalue weighted by atomic mass is 10.0. The summed E-state index contributed by atoms with van der Waals surface area (Å²) in [6.07, 6.45) is 1.15. The average molecular weight is 364 g/mol. The van der Waals surface area contributed by atoms with Gasteiger partial charge in [-0.25, -0.2) is 9.67 Å². The molecular formula is C19H16N4O2S. The number of ether oxygens (including phenoxy) is 1. The number of aliphatic hydroxyl groups excluding tert-OH is 1. The summed E-state index contributed by atoms with van der Waals surface area (Å²) in [4.78, 5) is 4.61. The van der Waals surface area contributed by atoms with Crippen molar-refractivity contribution in [3.8, 4) is 17.1 Å². The van der Waals surface area contributed by atoms with Crippen molar-refractivity contribution in [2.45, 2.75) is 16.8 Å². The van der Waals surface area contributed by atoms with Crippen LogP contribution in [0.4, 0.5) is 5.69 Å². The lowest BCUT2D eigenvalue weighted by molar-refractivity contribution is 0.113. The molecule has 2 aromatic carbocycles. The fourth-order valence-electron chi connectivity index (χ4n) is 3.21. The number of hydrogen-bond donors (Lipinski definition) is 2. The highest BCUT2D eigenvalue weighted by atomic mass is 32.2. The molecule has 7 heteroatoms. The molecule has 0 amide bonds. The van der Waals surface area contributed by atoms with Crippen molar-refractivity contribution in [3.05, 3.63) is 59.7 Å². The van der Waals surface area contributed by atoms with Crippen LogP contribution in [0.15, 0.2) is 59.3 Å². The van der Waals surface area contributed by atoms with E-state index in [1.54, 1.807) is 23.6 Å². The predicted octanol–water partition coefficient (Wildman–Crippen LogP) is 3.39. The Morgan fingerprint density at radius 1 is 1.19 bits per heavy atom. The maximum Gasteiger partial charge on any atom is 0.191 e. The van der Waals surface area contributed by atoms with Crippen LogP contribution in [-0.4, -0.2) is 32.4 Å². The van der Waals surface area contributed by atoms with E-state index in [9.17, 15) is 5.11 Å². The van der Waals surface area contributed by atoms with Crippen molar-refractivity contribution >= 4 is 23.5 Å². The molecule has 1 aromatic heterocycles. The van der Waals surface area contributed by atoms with Gasteiger partial charge in [0.25, 0.3) is 0 Å². The van der Waals surface area contributed by atoms with Crippen molar-refractivity contribution in [2.75, 3.05) is 12.4 Å². The highest BCUT2D eigenvalue weighted by molar-refractivity contribution is 8.00. The van der Waals surface area contributed by atoms with Crippen LogP contribution in [-0.2, 0) is 0 Å². The molecule has 2 unspecified atom stereocenters. The number of hydrogen-bond acceptors (Lipinski definition) is 6. The number of fused-ring (bicyclic) bond motifs is 3. The summed E-state index contributed by atoms with van der Waals surface area (Å²) < 4.78 is 6.88. The molecule has 0 spiro atoms. The zero-order valence-electron chi connectivity index (χ0n) is 14.0. The molecule has 5 rings (SSSR count). The molecule has 3 heterocycles. The Labute approximate surface area is 154 Å². The van der Waals surface area contributed by atoms with Gasteiger partial charge >= 0.3 is 0 Å². The minimum atomic E-state index is -0.854. The number of rotatable bonds is 2. The molecule has 26 heavy (non-hydrogen) atoms. The summed E-state index contributed by atoms with van der Waals surface area (Å²) in [6.45, 7) is 0. The maximum atomic E-state index is 10.9. The van der Waals surface area contributed by atoms with E-state index in [1.807, 2.05) is 54.6 Å². The largest absolute Gasteiger partial charge is 0.497 e. The van der Waals surface area contributed by atoms with Crippen LogP contribution in [0.5, 0.6) is 5.75 Å². The molecule has 130 valence electrons. The van der Waals surface area contributed by atoms with Crippen LogP contribution < -0.4 is 10.1 Å². The molecule has 3 aromatic rings. The number of thioether (sulfide) groups is 1. The van der Waals surface area contributed by atoms with Crippen molar-refractivity contribution in [1.29, 1.82) is 0 Å². The van der Waals surface area contributed by atoms with Gasteiger partial charge in [0.15, 0.2) is 17.2 Å². The standard InChI is InChI=1S/C19H16N4O2S/c1-25-13-7-8-15-12(9-13)10-14-17(20-15)26-19-21-16(22-23(19)18(14)24)11-5-3-2-4-6-11/h2-10,17-18,20,24H,1H3. The van der Waals surface area contributed by atoms with E-state index in [1.165, 1.54) is 0 Å². The second kappa shape index (κ2) is 5.89. The summed E-state index contributed by atoms with van der Waals surface area (Å²) in [7, 11) is 1.64. The fraction of sp³-hybridized carbons (Fsp3) is 0.158. The highest BCUT2D eigenvalue weighted by Crippen LogP contribution is 2.44. The van der Waals surface area contributed by atoms with Gasteiger partial charge in [-0.05, 0) is 24.3 Å². The molecule has 2 atom stereocenters. The highest BCUT2D eigenvalue weighted by Gasteiger charge is 2.36. The SMILES string of the molecule is COc1ccc2c(c1)C=C1C(N2)Sc2nc(-c3ccccc3)nn2C1O. The molecule has 6 nitrogen and oxygen atoms in total. The Kier molecular flexibility index (Phi) is 3.51. The van der Waals surface area contributed by atoms with E-state index in [4.69, 9.17) is 4.74 Å². The van der Waals surface area contributed by atoms with Crippen LogP contribution in [0.25, 0.3) is 17.5 Å². The Balaban J connectivity index is 1.55. The van der Waals surface area contributed by atoms with Crippen molar-refractivity contribution in [3.63, 3.8) is 0 Å². The van der Waals surface area contributed by atoms with E-state index in [-0.39, 0.29) is 5.37 Å². The first-order chi connectivity index (χ1) is 12.7. The first-order valence-electron chi connectivity index (χ1n) is 8.26. The number of methoxy groups -OCH3 is 1. The Morgan fingerprint density at radius 2 is 2.04 bits per heavy atom. The van der Waals surface area contributed by atoms with E-state index in [2.05, 4.69) is 15.4 Å². The van der Waals surface area contributed by atoms with Crippen molar-refractivity contribution in [2.24, 2.45) is 0 Å². The molecule has 2 aliphatic rings. The number of aliphatic hydroxyl groups is 1. The first-order valence-corrected chi connectivity index (χ1v) is 9.13. The lowest BCUT2D eigenvalue weighted by Crippen LogP contribution is -2.32. The van der Waals surface area contributed by atoms with E-state index in [0.29, 0.717) is 11.0 Å². The van der Waals surface area contributed by atoms with E-state index in [0.717, 1.165) is 28.1 Å². The van der Waals surface area contributed by atoms with Gasteiger partial charge in [0, 0.05) is 22.4 Å².